The van der Waals surface area contributed by atoms with Crippen LogP contribution in [0.2, 0.25) is 0 Å². The first-order valence-electron chi connectivity index (χ1n) is 5.70. The Morgan fingerprint density at radius 2 is 2.06 bits per heavy atom. The molecule has 1 aromatic rings. The Balaban J connectivity index is 3.14. The van der Waals surface area contributed by atoms with Gasteiger partial charge in [0.1, 0.15) is 0 Å². The standard InChI is InChI=1S/C13H21NO2/c1-9(2)10-6-7-12(16-3)13(15)11(10)5-4-8-14/h6-7,9,15H,4-5,8,14H2,1-3H3. The number of phenolic OH excluding ortho intramolecular Hbond substituents is 1. The Morgan fingerprint density at radius 3 is 2.56 bits per heavy atom. The van der Waals surface area contributed by atoms with Crippen LogP contribution in [-0.2, 0) is 6.42 Å². The molecule has 0 fully saturated rings. The second kappa shape index (κ2) is 5.75. The van der Waals surface area contributed by atoms with Crippen LogP contribution >= 0.6 is 0 Å². The molecule has 1 rings (SSSR count). The van der Waals surface area contributed by atoms with Crippen molar-refractivity contribution in [1.82, 2.24) is 0 Å². The van der Waals surface area contributed by atoms with Crippen molar-refractivity contribution in [2.45, 2.75) is 32.6 Å². The molecular formula is C13H21NO2. The minimum Gasteiger partial charge on any atom is -0.504 e. The van der Waals surface area contributed by atoms with Crippen LogP contribution in [0.1, 0.15) is 37.3 Å². The van der Waals surface area contributed by atoms with Crippen LogP contribution in [0.4, 0.5) is 0 Å². The summed E-state index contributed by atoms with van der Waals surface area (Å²) in [6, 6.07) is 3.84. The summed E-state index contributed by atoms with van der Waals surface area (Å²) >= 11 is 0. The van der Waals surface area contributed by atoms with E-state index in [4.69, 9.17) is 10.5 Å². The summed E-state index contributed by atoms with van der Waals surface area (Å²) in [5.74, 6) is 1.20. The van der Waals surface area contributed by atoms with E-state index in [-0.39, 0.29) is 5.75 Å². The van der Waals surface area contributed by atoms with Crippen molar-refractivity contribution in [2.24, 2.45) is 5.73 Å². The first-order valence-corrected chi connectivity index (χ1v) is 5.70. The zero-order chi connectivity index (χ0) is 12.1. The van der Waals surface area contributed by atoms with Gasteiger partial charge in [-0.2, -0.15) is 0 Å². The molecule has 16 heavy (non-hydrogen) atoms. The molecule has 1 aromatic carbocycles. The Kier molecular flexibility index (Phi) is 4.62. The summed E-state index contributed by atoms with van der Waals surface area (Å²) in [5, 5.41) is 10.1. The summed E-state index contributed by atoms with van der Waals surface area (Å²) in [5.41, 5.74) is 7.66. The number of nitrogens with two attached hydrogens (primary N) is 1. The maximum Gasteiger partial charge on any atom is 0.161 e. The van der Waals surface area contributed by atoms with Gasteiger partial charge in [-0.15, -0.1) is 0 Å². The molecule has 0 bridgehead atoms. The number of aromatic hydroxyl groups is 1. The number of ether oxygens (including phenoxy) is 1. The zero-order valence-corrected chi connectivity index (χ0v) is 10.3. The quantitative estimate of drug-likeness (QED) is 0.806. The molecular weight excluding hydrogens is 202 g/mol. The van der Waals surface area contributed by atoms with Gasteiger partial charge in [0, 0.05) is 5.56 Å². The minimum atomic E-state index is 0.266. The molecule has 3 N–H and O–H groups in total. The zero-order valence-electron chi connectivity index (χ0n) is 10.3. The monoisotopic (exact) mass is 223 g/mol. The third-order valence-corrected chi connectivity index (χ3v) is 2.75. The van der Waals surface area contributed by atoms with Gasteiger partial charge >= 0.3 is 0 Å². The highest BCUT2D eigenvalue weighted by molar-refractivity contribution is 5.50. The van der Waals surface area contributed by atoms with Crippen LogP contribution in [0.15, 0.2) is 12.1 Å². The summed E-state index contributed by atoms with van der Waals surface area (Å²) in [7, 11) is 1.57. The van der Waals surface area contributed by atoms with Crippen molar-refractivity contribution in [3.63, 3.8) is 0 Å². The van der Waals surface area contributed by atoms with Crippen LogP contribution in [-0.4, -0.2) is 18.8 Å². The first kappa shape index (κ1) is 12.8. The van der Waals surface area contributed by atoms with E-state index in [0.29, 0.717) is 18.2 Å². The minimum absolute atomic E-state index is 0.266. The van der Waals surface area contributed by atoms with Crippen LogP contribution in [0.25, 0.3) is 0 Å². The highest BCUT2D eigenvalue weighted by Crippen LogP contribution is 2.36. The van der Waals surface area contributed by atoms with E-state index in [0.717, 1.165) is 18.4 Å². The van der Waals surface area contributed by atoms with Gasteiger partial charge in [-0.1, -0.05) is 19.9 Å². The summed E-state index contributed by atoms with van der Waals surface area (Å²) in [6.45, 7) is 4.87. The lowest BCUT2D eigenvalue weighted by atomic mass is 9.93. The number of rotatable bonds is 5. The average molecular weight is 223 g/mol. The molecule has 0 heterocycles. The van der Waals surface area contributed by atoms with E-state index < -0.39 is 0 Å². The molecule has 0 spiro atoms. The Labute approximate surface area is 97.2 Å². The van der Waals surface area contributed by atoms with Crippen LogP contribution < -0.4 is 10.5 Å². The second-order valence-electron chi connectivity index (χ2n) is 4.23. The van der Waals surface area contributed by atoms with Crippen molar-refractivity contribution in [3.8, 4) is 11.5 Å². The molecule has 3 nitrogen and oxygen atoms in total. The SMILES string of the molecule is COc1ccc(C(C)C)c(CCCN)c1O. The third kappa shape index (κ3) is 2.67. The summed E-state index contributed by atoms with van der Waals surface area (Å²) in [6.07, 6.45) is 1.67. The maximum atomic E-state index is 10.1. The van der Waals surface area contributed by atoms with Crippen molar-refractivity contribution < 1.29 is 9.84 Å². The molecule has 0 atom stereocenters. The molecule has 90 valence electrons. The molecule has 0 saturated carbocycles. The molecule has 0 saturated heterocycles. The molecule has 0 unspecified atom stereocenters. The Hall–Kier alpha value is -1.22. The van der Waals surface area contributed by atoms with Gasteiger partial charge in [0.05, 0.1) is 7.11 Å². The third-order valence-electron chi connectivity index (χ3n) is 2.75. The Bertz CT molecular complexity index is 348. The lowest BCUT2D eigenvalue weighted by Crippen LogP contribution is -2.04. The normalized spacial score (nSPS) is 10.8. The van der Waals surface area contributed by atoms with Crippen molar-refractivity contribution >= 4 is 0 Å². The van der Waals surface area contributed by atoms with Gasteiger partial charge in [-0.25, -0.2) is 0 Å². The van der Waals surface area contributed by atoms with E-state index >= 15 is 0 Å². The molecule has 0 aliphatic carbocycles. The van der Waals surface area contributed by atoms with E-state index in [9.17, 15) is 5.11 Å². The van der Waals surface area contributed by atoms with E-state index in [1.165, 1.54) is 5.56 Å². The maximum absolute atomic E-state index is 10.1. The van der Waals surface area contributed by atoms with Crippen LogP contribution in [0, 0.1) is 0 Å². The van der Waals surface area contributed by atoms with Gasteiger partial charge in [-0.05, 0) is 36.9 Å². The molecule has 0 aliphatic rings. The summed E-state index contributed by atoms with van der Waals surface area (Å²) in [4.78, 5) is 0. The predicted octanol–water partition coefficient (Wildman–Crippen LogP) is 2.42. The lowest BCUT2D eigenvalue weighted by molar-refractivity contribution is 0.369. The average Bonchev–Trinajstić information content (AvgIpc) is 2.26. The number of phenols is 1. The predicted molar refractivity (Wildman–Crippen MR) is 66.1 cm³/mol. The molecule has 0 aromatic heterocycles. The fourth-order valence-electron chi connectivity index (χ4n) is 1.88. The topological polar surface area (TPSA) is 55.5 Å². The lowest BCUT2D eigenvalue weighted by Gasteiger charge is -2.16. The summed E-state index contributed by atoms with van der Waals surface area (Å²) < 4.78 is 5.12. The van der Waals surface area contributed by atoms with E-state index in [1.54, 1.807) is 7.11 Å². The van der Waals surface area contributed by atoms with Crippen LogP contribution in [0.5, 0.6) is 11.5 Å². The van der Waals surface area contributed by atoms with Crippen molar-refractivity contribution in [3.05, 3.63) is 23.3 Å². The van der Waals surface area contributed by atoms with E-state index in [2.05, 4.69) is 13.8 Å². The van der Waals surface area contributed by atoms with Crippen molar-refractivity contribution in [1.29, 1.82) is 0 Å². The van der Waals surface area contributed by atoms with Gasteiger partial charge in [0.2, 0.25) is 0 Å². The van der Waals surface area contributed by atoms with Gasteiger partial charge in [-0.3, -0.25) is 0 Å². The Morgan fingerprint density at radius 1 is 1.38 bits per heavy atom. The molecule has 3 heteroatoms. The smallest absolute Gasteiger partial charge is 0.161 e. The number of benzene rings is 1. The van der Waals surface area contributed by atoms with E-state index in [1.807, 2.05) is 12.1 Å². The fourth-order valence-corrected chi connectivity index (χ4v) is 1.88. The molecule has 0 radical (unpaired) electrons. The largest absolute Gasteiger partial charge is 0.504 e. The highest BCUT2D eigenvalue weighted by Gasteiger charge is 2.14. The highest BCUT2D eigenvalue weighted by atomic mass is 16.5. The van der Waals surface area contributed by atoms with Crippen LogP contribution in [0.3, 0.4) is 0 Å². The first-order chi connectivity index (χ1) is 7.61. The van der Waals surface area contributed by atoms with Crippen molar-refractivity contribution in [2.75, 3.05) is 13.7 Å². The second-order valence-corrected chi connectivity index (χ2v) is 4.23. The van der Waals surface area contributed by atoms with Gasteiger partial charge < -0.3 is 15.6 Å². The number of methoxy groups -OCH3 is 1. The molecule has 0 aliphatic heterocycles. The fraction of sp³-hybridized carbons (Fsp3) is 0.538. The molecule has 0 amide bonds. The van der Waals surface area contributed by atoms with Gasteiger partial charge in [0.25, 0.3) is 0 Å². The number of hydrogen-bond acceptors (Lipinski definition) is 3. The number of hydrogen-bond donors (Lipinski definition) is 2. The van der Waals surface area contributed by atoms with Gasteiger partial charge in [0.15, 0.2) is 11.5 Å².